The second kappa shape index (κ2) is 4.34. The van der Waals surface area contributed by atoms with Crippen LogP contribution in [0.1, 0.15) is 0 Å². The van der Waals surface area contributed by atoms with E-state index in [1.54, 1.807) is 0 Å². The van der Waals surface area contributed by atoms with Crippen LogP contribution in [-0.4, -0.2) is 10.4 Å². The lowest BCUT2D eigenvalue weighted by atomic mass is 10.7. The van der Waals surface area contributed by atoms with Gasteiger partial charge in [-0.15, -0.1) is 0 Å². The largest absolute Gasteiger partial charge is 0.378 e. The molecule has 0 saturated heterocycles. The third-order valence-corrected chi connectivity index (χ3v) is 0.504. The molecule has 0 amide bonds. The van der Waals surface area contributed by atoms with Crippen molar-refractivity contribution >= 4 is 35.2 Å². The standard InChI is InChI=1S/C4H4O3S2/c1-2-3(5)6-7-4(8)9/h2H,1H2,(H,8,9). The summed E-state index contributed by atoms with van der Waals surface area (Å²) in [5.41, 5.74) is 0. The first-order chi connectivity index (χ1) is 4.16. The van der Waals surface area contributed by atoms with Gasteiger partial charge in [0.2, 0.25) is 0 Å². The highest BCUT2D eigenvalue weighted by Gasteiger charge is 1.96. The Hall–Kier alpha value is -0.550. The van der Waals surface area contributed by atoms with Crippen molar-refractivity contribution < 1.29 is 14.6 Å². The van der Waals surface area contributed by atoms with E-state index in [9.17, 15) is 4.79 Å². The van der Waals surface area contributed by atoms with Gasteiger partial charge < -0.3 is 0 Å². The molecule has 5 heteroatoms. The first-order valence-corrected chi connectivity index (χ1v) is 2.76. The van der Waals surface area contributed by atoms with E-state index >= 15 is 0 Å². The third kappa shape index (κ3) is 5.32. The number of carbonyl (C=O) groups excluding carboxylic acids is 1. The molecule has 0 bridgehead atoms. The molecule has 0 aliphatic rings. The van der Waals surface area contributed by atoms with Gasteiger partial charge in [0.1, 0.15) is 0 Å². The highest BCUT2D eigenvalue weighted by Crippen LogP contribution is 1.89. The molecule has 0 fully saturated rings. The summed E-state index contributed by atoms with van der Waals surface area (Å²) < 4.78 is -0.148. The molecule has 50 valence electrons. The van der Waals surface area contributed by atoms with E-state index in [1.165, 1.54) is 0 Å². The molecule has 0 aromatic heterocycles. The van der Waals surface area contributed by atoms with Gasteiger partial charge in [0, 0.05) is 6.08 Å². The molecule has 0 rings (SSSR count). The van der Waals surface area contributed by atoms with Crippen LogP contribution in [0.5, 0.6) is 0 Å². The molecule has 0 atom stereocenters. The Morgan fingerprint density at radius 2 is 2.22 bits per heavy atom. The van der Waals surface area contributed by atoms with Crippen LogP contribution in [0, 0.1) is 0 Å². The van der Waals surface area contributed by atoms with E-state index in [0.717, 1.165) is 6.08 Å². The normalized spacial score (nSPS) is 7.67. The molecule has 0 N–H and O–H groups in total. The van der Waals surface area contributed by atoms with Gasteiger partial charge in [0.15, 0.2) is 0 Å². The maximum absolute atomic E-state index is 10.2. The summed E-state index contributed by atoms with van der Waals surface area (Å²) >= 11 is 7.80. The van der Waals surface area contributed by atoms with Crippen molar-refractivity contribution in [3.63, 3.8) is 0 Å². The summed E-state index contributed by atoms with van der Waals surface area (Å²) in [4.78, 5) is 18.2. The van der Waals surface area contributed by atoms with Crippen molar-refractivity contribution in [3.05, 3.63) is 12.7 Å². The Balaban J connectivity index is 3.39. The lowest BCUT2D eigenvalue weighted by Crippen LogP contribution is -2.02. The van der Waals surface area contributed by atoms with Gasteiger partial charge in [0.05, 0.1) is 0 Å². The number of carbonyl (C=O) groups is 1. The number of hydrogen-bond donors (Lipinski definition) is 1. The van der Waals surface area contributed by atoms with Crippen LogP contribution in [-0.2, 0) is 14.6 Å². The zero-order chi connectivity index (χ0) is 7.28. The fourth-order valence-electron chi connectivity index (χ4n) is 0.111. The Kier molecular flexibility index (Phi) is 4.08. The molecular formula is C4H4O3S2. The molecule has 0 spiro atoms. The molecule has 0 saturated carbocycles. The SMILES string of the molecule is C=CC(=O)OOC(=S)S. The zero-order valence-corrected chi connectivity index (χ0v) is 6.08. The number of rotatable bonds is 1. The van der Waals surface area contributed by atoms with Gasteiger partial charge in [-0.3, -0.25) is 4.89 Å². The van der Waals surface area contributed by atoms with Gasteiger partial charge in [0.25, 0.3) is 4.38 Å². The maximum atomic E-state index is 10.2. The van der Waals surface area contributed by atoms with Gasteiger partial charge in [-0.1, -0.05) is 19.2 Å². The predicted molar refractivity (Wildman–Crippen MR) is 39.0 cm³/mol. The van der Waals surface area contributed by atoms with E-state index in [2.05, 4.69) is 41.2 Å². The third-order valence-electron chi connectivity index (χ3n) is 0.362. The van der Waals surface area contributed by atoms with Crippen LogP contribution < -0.4 is 0 Å². The van der Waals surface area contributed by atoms with Gasteiger partial charge in [-0.25, -0.2) is 9.68 Å². The van der Waals surface area contributed by atoms with Crippen LogP contribution in [0.2, 0.25) is 0 Å². The Morgan fingerprint density at radius 1 is 1.67 bits per heavy atom. The first-order valence-electron chi connectivity index (χ1n) is 1.90. The minimum atomic E-state index is -0.702. The maximum Gasteiger partial charge on any atom is 0.378 e. The van der Waals surface area contributed by atoms with E-state index in [-0.39, 0.29) is 4.38 Å². The van der Waals surface area contributed by atoms with Gasteiger partial charge in [-0.05, 0) is 12.2 Å². The van der Waals surface area contributed by atoms with Gasteiger partial charge in [-0.2, -0.15) is 0 Å². The van der Waals surface area contributed by atoms with Crippen LogP contribution in [0.15, 0.2) is 12.7 Å². The molecule has 0 aromatic carbocycles. The first kappa shape index (κ1) is 8.45. The molecule has 0 heterocycles. The van der Waals surface area contributed by atoms with Crippen LogP contribution in [0.3, 0.4) is 0 Å². The van der Waals surface area contributed by atoms with Crippen molar-refractivity contribution in [2.45, 2.75) is 0 Å². The highest BCUT2D eigenvalue weighted by atomic mass is 32.1. The fourth-order valence-corrected chi connectivity index (χ4v) is 0.182. The summed E-state index contributed by atoms with van der Waals surface area (Å²) in [6, 6.07) is 0. The fraction of sp³-hybridized carbons (Fsp3) is 0. The molecule has 0 radical (unpaired) electrons. The second-order valence-corrected chi connectivity index (χ2v) is 2.04. The van der Waals surface area contributed by atoms with E-state index in [1.807, 2.05) is 0 Å². The van der Waals surface area contributed by atoms with Crippen molar-refractivity contribution in [2.24, 2.45) is 0 Å². The van der Waals surface area contributed by atoms with Gasteiger partial charge >= 0.3 is 5.97 Å². The lowest BCUT2D eigenvalue weighted by Gasteiger charge is -1.95. The summed E-state index contributed by atoms with van der Waals surface area (Å²) in [6.45, 7) is 3.12. The number of thiocarbonyl (C=S) groups is 1. The van der Waals surface area contributed by atoms with E-state index in [4.69, 9.17) is 0 Å². The van der Waals surface area contributed by atoms with Crippen molar-refractivity contribution in [1.82, 2.24) is 0 Å². The monoisotopic (exact) mass is 164 g/mol. The summed E-state index contributed by atoms with van der Waals surface area (Å²) in [7, 11) is 0. The average molecular weight is 164 g/mol. The Labute approximate surface area is 63.0 Å². The topological polar surface area (TPSA) is 35.5 Å². The molecule has 0 aromatic rings. The predicted octanol–water partition coefficient (Wildman–Crippen LogP) is 0.862. The average Bonchev–Trinajstić information content (AvgIpc) is 1.83. The molecule has 0 aliphatic carbocycles. The molecular weight excluding hydrogens is 160 g/mol. The van der Waals surface area contributed by atoms with Crippen LogP contribution in [0.4, 0.5) is 0 Å². The van der Waals surface area contributed by atoms with Crippen molar-refractivity contribution in [1.29, 1.82) is 0 Å². The van der Waals surface area contributed by atoms with Crippen LogP contribution in [0.25, 0.3) is 0 Å². The quantitative estimate of drug-likeness (QED) is 0.205. The highest BCUT2D eigenvalue weighted by molar-refractivity contribution is 8.10. The van der Waals surface area contributed by atoms with E-state index < -0.39 is 5.97 Å². The number of thiol groups is 1. The summed E-state index contributed by atoms with van der Waals surface area (Å²) in [5.74, 6) is -0.702. The zero-order valence-electron chi connectivity index (χ0n) is 4.36. The van der Waals surface area contributed by atoms with Crippen LogP contribution >= 0.6 is 24.8 Å². The molecule has 3 nitrogen and oxygen atoms in total. The Bertz CT molecular complexity index is 143. The van der Waals surface area contributed by atoms with E-state index in [0.29, 0.717) is 0 Å². The summed E-state index contributed by atoms with van der Waals surface area (Å²) in [5, 5.41) is 0. The second-order valence-electron chi connectivity index (χ2n) is 0.956. The molecule has 0 aliphatic heterocycles. The van der Waals surface area contributed by atoms with Crippen molar-refractivity contribution in [2.75, 3.05) is 0 Å². The molecule has 0 unspecified atom stereocenters. The minimum absolute atomic E-state index is 0.148. The minimum Gasteiger partial charge on any atom is -0.267 e. The Morgan fingerprint density at radius 3 is 2.56 bits per heavy atom. The number of hydrogen-bond acceptors (Lipinski definition) is 4. The summed E-state index contributed by atoms with van der Waals surface area (Å²) in [6.07, 6.45) is 0.950. The molecule has 9 heavy (non-hydrogen) atoms. The smallest absolute Gasteiger partial charge is 0.267 e. The van der Waals surface area contributed by atoms with Crippen molar-refractivity contribution in [3.8, 4) is 0 Å². The lowest BCUT2D eigenvalue weighted by molar-refractivity contribution is -0.212.